The molecular weight excluding hydrogens is 457 g/mol. The second-order valence-corrected chi connectivity index (χ2v) is 8.98. The van der Waals surface area contributed by atoms with Crippen molar-refractivity contribution in [2.24, 2.45) is 0 Å². The van der Waals surface area contributed by atoms with Crippen molar-refractivity contribution in [1.82, 2.24) is 4.90 Å². The topological polar surface area (TPSA) is 52.7 Å². The molecule has 0 aliphatic carbocycles. The van der Waals surface area contributed by atoms with Crippen LogP contribution in [0.15, 0.2) is 66.7 Å². The number of hydrogen-bond donors (Lipinski definition) is 1. The standard InChI is InChI=1S/C26H25Cl2N3O2/c1-18-5-9-20(10-6-18)26(33)31-15-13-30(14-16-31)25-22(28)3-2-4-23(25)29-24(32)17-19-7-11-21(27)12-8-19/h2-12H,13-17H2,1H3,(H,29,32). The Hall–Kier alpha value is -3.02. The number of aryl methyl sites for hydroxylation is 1. The summed E-state index contributed by atoms with van der Waals surface area (Å²) in [6.07, 6.45) is 0.238. The van der Waals surface area contributed by atoms with Gasteiger partial charge in [0.15, 0.2) is 0 Å². The Morgan fingerprint density at radius 2 is 1.55 bits per heavy atom. The molecule has 0 aromatic heterocycles. The SMILES string of the molecule is Cc1ccc(C(=O)N2CCN(c3c(Cl)cccc3NC(=O)Cc3ccc(Cl)cc3)CC2)cc1. The van der Waals surface area contributed by atoms with Crippen LogP contribution < -0.4 is 10.2 Å². The van der Waals surface area contributed by atoms with Gasteiger partial charge in [-0.1, -0.05) is 59.1 Å². The zero-order valence-electron chi connectivity index (χ0n) is 18.4. The first-order valence-electron chi connectivity index (χ1n) is 10.8. The molecule has 0 atom stereocenters. The van der Waals surface area contributed by atoms with Crippen LogP contribution in [0, 0.1) is 6.92 Å². The predicted octanol–water partition coefficient (Wildman–Crippen LogP) is 5.45. The van der Waals surface area contributed by atoms with Crippen molar-refractivity contribution >= 4 is 46.4 Å². The minimum Gasteiger partial charge on any atom is -0.365 e. The summed E-state index contributed by atoms with van der Waals surface area (Å²) < 4.78 is 0. The van der Waals surface area contributed by atoms with Crippen LogP contribution in [-0.2, 0) is 11.2 Å². The molecule has 1 N–H and O–H groups in total. The van der Waals surface area contributed by atoms with E-state index in [1.807, 2.05) is 66.4 Å². The van der Waals surface area contributed by atoms with Crippen molar-refractivity contribution in [2.45, 2.75) is 13.3 Å². The third-order valence-corrected chi connectivity index (χ3v) is 6.28. The number of anilines is 2. The largest absolute Gasteiger partial charge is 0.365 e. The number of hydrogen-bond acceptors (Lipinski definition) is 3. The molecule has 0 radical (unpaired) electrons. The highest BCUT2D eigenvalue weighted by Gasteiger charge is 2.25. The Morgan fingerprint density at radius 3 is 2.21 bits per heavy atom. The minimum atomic E-state index is -0.131. The number of rotatable bonds is 5. The zero-order valence-corrected chi connectivity index (χ0v) is 19.9. The van der Waals surface area contributed by atoms with Crippen molar-refractivity contribution in [3.05, 3.63) is 93.5 Å². The van der Waals surface area contributed by atoms with Crippen LogP contribution in [0.5, 0.6) is 0 Å². The smallest absolute Gasteiger partial charge is 0.253 e. The maximum atomic E-state index is 12.8. The van der Waals surface area contributed by atoms with E-state index in [1.54, 1.807) is 12.1 Å². The first-order chi connectivity index (χ1) is 15.9. The van der Waals surface area contributed by atoms with Gasteiger partial charge in [-0.2, -0.15) is 0 Å². The molecule has 170 valence electrons. The number of nitrogens with zero attached hydrogens (tertiary/aromatic N) is 2. The van der Waals surface area contributed by atoms with E-state index < -0.39 is 0 Å². The Labute approximate surface area is 203 Å². The molecule has 3 aromatic rings. The highest BCUT2D eigenvalue weighted by atomic mass is 35.5. The fourth-order valence-corrected chi connectivity index (χ4v) is 4.35. The molecule has 1 saturated heterocycles. The fourth-order valence-electron chi connectivity index (χ4n) is 3.93. The molecule has 1 fully saturated rings. The maximum absolute atomic E-state index is 12.8. The Morgan fingerprint density at radius 1 is 0.879 bits per heavy atom. The lowest BCUT2D eigenvalue weighted by atomic mass is 10.1. The van der Waals surface area contributed by atoms with Gasteiger partial charge in [0.2, 0.25) is 5.91 Å². The Bertz CT molecular complexity index is 1140. The molecule has 0 saturated carbocycles. The molecule has 3 aromatic carbocycles. The molecule has 1 aliphatic heterocycles. The minimum absolute atomic E-state index is 0.0327. The van der Waals surface area contributed by atoms with E-state index in [2.05, 4.69) is 10.2 Å². The molecule has 1 aliphatic rings. The molecule has 5 nitrogen and oxygen atoms in total. The van der Waals surface area contributed by atoms with Gasteiger partial charge in [0.05, 0.1) is 22.8 Å². The van der Waals surface area contributed by atoms with Crippen LogP contribution in [0.2, 0.25) is 10.0 Å². The van der Waals surface area contributed by atoms with E-state index in [4.69, 9.17) is 23.2 Å². The number of para-hydroxylation sites is 1. The third kappa shape index (κ3) is 5.67. The van der Waals surface area contributed by atoms with E-state index in [0.29, 0.717) is 47.5 Å². The summed E-state index contributed by atoms with van der Waals surface area (Å²) in [5.74, 6) is -0.0978. The summed E-state index contributed by atoms with van der Waals surface area (Å²) in [4.78, 5) is 29.5. The molecule has 7 heteroatoms. The summed E-state index contributed by atoms with van der Waals surface area (Å²) in [6, 6.07) is 20.3. The molecule has 0 bridgehead atoms. The summed E-state index contributed by atoms with van der Waals surface area (Å²) in [6.45, 7) is 4.41. The van der Waals surface area contributed by atoms with Gasteiger partial charge in [-0.3, -0.25) is 9.59 Å². The second-order valence-electron chi connectivity index (χ2n) is 8.13. The van der Waals surface area contributed by atoms with E-state index in [9.17, 15) is 9.59 Å². The predicted molar refractivity (Wildman–Crippen MR) is 135 cm³/mol. The van der Waals surface area contributed by atoms with E-state index in [0.717, 1.165) is 16.8 Å². The average molecular weight is 482 g/mol. The van der Waals surface area contributed by atoms with Crippen LogP contribution in [0.3, 0.4) is 0 Å². The summed E-state index contributed by atoms with van der Waals surface area (Å²) >= 11 is 12.5. The quantitative estimate of drug-likeness (QED) is 0.527. The normalized spacial score (nSPS) is 13.7. The molecule has 1 heterocycles. The molecule has 0 unspecified atom stereocenters. The summed E-state index contributed by atoms with van der Waals surface area (Å²) in [5, 5.41) is 4.20. The van der Waals surface area contributed by atoms with Crippen molar-refractivity contribution in [3.63, 3.8) is 0 Å². The van der Waals surface area contributed by atoms with E-state index in [-0.39, 0.29) is 18.2 Å². The van der Waals surface area contributed by atoms with Crippen LogP contribution in [-0.4, -0.2) is 42.9 Å². The number of piperazine rings is 1. The fraction of sp³-hybridized carbons (Fsp3) is 0.231. The molecule has 2 amide bonds. The zero-order chi connectivity index (χ0) is 23.4. The lowest BCUT2D eigenvalue weighted by molar-refractivity contribution is -0.115. The van der Waals surface area contributed by atoms with Crippen molar-refractivity contribution in [1.29, 1.82) is 0 Å². The van der Waals surface area contributed by atoms with Crippen LogP contribution in [0.25, 0.3) is 0 Å². The molecule has 0 spiro atoms. The summed E-state index contributed by atoms with van der Waals surface area (Å²) in [7, 11) is 0. The molecular formula is C26H25Cl2N3O2. The highest BCUT2D eigenvalue weighted by Crippen LogP contribution is 2.35. The van der Waals surface area contributed by atoms with Crippen molar-refractivity contribution in [3.8, 4) is 0 Å². The van der Waals surface area contributed by atoms with Crippen LogP contribution in [0.4, 0.5) is 11.4 Å². The number of amides is 2. The Kier molecular flexibility index (Phi) is 7.21. The molecule has 4 rings (SSSR count). The monoisotopic (exact) mass is 481 g/mol. The highest BCUT2D eigenvalue weighted by molar-refractivity contribution is 6.34. The van der Waals surface area contributed by atoms with Gasteiger partial charge < -0.3 is 15.1 Å². The third-order valence-electron chi connectivity index (χ3n) is 5.72. The van der Waals surface area contributed by atoms with Crippen LogP contribution >= 0.6 is 23.2 Å². The Balaban J connectivity index is 1.43. The number of nitrogens with one attached hydrogen (secondary N) is 1. The van der Waals surface area contributed by atoms with E-state index >= 15 is 0 Å². The second kappa shape index (κ2) is 10.3. The van der Waals surface area contributed by atoms with Gasteiger partial charge in [0.1, 0.15) is 0 Å². The van der Waals surface area contributed by atoms with Gasteiger partial charge in [-0.15, -0.1) is 0 Å². The van der Waals surface area contributed by atoms with Gasteiger partial charge in [-0.25, -0.2) is 0 Å². The number of halogens is 2. The first kappa shape index (κ1) is 23.1. The average Bonchev–Trinajstić information content (AvgIpc) is 2.81. The first-order valence-corrected chi connectivity index (χ1v) is 11.6. The van der Waals surface area contributed by atoms with Crippen molar-refractivity contribution < 1.29 is 9.59 Å². The molecule has 33 heavy (non-hydrogen) atoms. The lowest BCUT2D eigenvalue weighted by Gasteiger charge is -2.37. The van der Waals surface area contributed by atoms with E-state index in [1.165, 1.54) is 0 Å². The van der Waals surface area contributed by atoms with Gasteiger partial charge in [-0.05, 0) is 48.9 Å². The van der Waals surface area contributed by atoms with Gasteiger partial charge in [0, 0.05) is 36.8 Å². The number of carbonyl (C=O) groups excluding carboxylic acids is 2. The summed E-state index contributed by atoms with van der Waals surface area (Å²) in [5.41, 5.74) is 4.15. The number of benzene rings is 3. The van der Waals surface area contributed by atoms with Gasteiger partial charge in [0.25, 0.3) is 5.91 Å². The van der Waals surface area contributed by atoms with Gasteiger partial charge >= 0.3 is 0 Å². The van der Waals surface area contributed by atoms with Crippen LogP contribution in [0.1, 0.15) is 21.5 Å². The number of carbonyl (C=O) groups is 2. The lowest BCUT2D eigenvalue weighted by Crippen LogP contribution is -2.49. The maximum Gasteiger partial charge on any atom is 0.253 e. The van der Waals surface area contributed by atoms with Crippen molar-refractivity contribution in [2.75, 3.05) is 36.4 Å².